The van der Waals surface area contributed by atoms with Crippen LogP contribution in [0.3, 0.4) is 0 Å². The van der Waals surface area contributed by atoms with Gasteiger partial charge < -0.3 is 15.1 Å². The van der Waals surface area contributed by atoms with E-state index in [-0.39, 0.29) is 11.6 Å². The maximum atomic E-state index is 12.8. The molecule has 0 atom stereocenters. The number of hydrogen-bond donors (Lipinski definition) is 2. The third-order valence-electron chi connectivity index (χ3n) is 4.16. The average Bonchev–Trinajstić information content (AvgIpc) is 2.53. The lowest BCUT2D eigenvalue weighted by molar-refractivity contribution is -0.899. The highest BCUT2D eigenvalue weighted by atomic mass is 19.4. The maximum absolute atomic E-state index is 12.8. The second-order valence-electron chi connectivity index (χ2n) is 5.93. The van der Waals surface area contributed by atoms with Crippen molar-refractivity contribution in [3.05, 3.63) is 33.9 Å². The summed E-state index contributed by atoms with van der Waals surface area (Å²) in [5.41, 5.74) is -1.35. The smallest absolute Gasteiger partial charge is 0.355 e. The minimum absolute atomic E-state index is 0.0987. The first kappa shape index (κ1) is 19.0. The fourth-order valence-electron chi connectivity index (χ4n) is 2.84. The quantitative estimate of drug-likeness (QED) is 0.590. The molecule has 1 aromatic carbocycles. The van der Waals surface area contributed by atoms with Gasteiger partial charge in [-0.15, -0.1) is 0 Å². The molecule has 1 heterocycles. The van der Waals surface area contributed by atoms with Gasteiger partial charge in [-0.25, -0.2) is 0 Å². The van der Waals surface area contributed by atoms with Crippen molar-refractivity contribution in [1.29, 1.82) is 0 Å². The number of nitro groups is 1. The van der Waals surface area contributed by atoms with Crippen molar-refractivity contribution in [1.82, 2.24) is 5.32 Å². The predicted octanol–water partition coefficient (Wildman–Crippen LogP) is 0.455. The fraction of sp³-hybridized carbons (Fsp3) is 0.533. The van der Waals surface area contributed by atoms with Crippen LogP contribution >= 0.6 is 0 Å². The Hall–Kier alpha value is -2.36. The minimum atomic E-state index is -4.62. The van der Waals surface area contributed by atoms with Gasteiger partial charge in [-0.3, -0.25) is 14.9 Å². The molecule has 0 radical (unpaired) electrons. The van der Waals surface area contributed by atoms with Gasteiger partial charge >= 0.3 is 6.18 Å². The Morgan fingerprint density at radius 2 is 2.00 bits per heavy atom. The molecule has 0 unspecified atom stereocenters. The summed E-state index contributed by atoms with van der Waals surface area (Å²) in [5, 5.41) is 13.9. The summed E-state index contributed by atoms with van der Waals surface area (Å²) < 4.78 is 38.3. The number of piperazine rings is 1. The van der Waals surface area contributed by atoms with Crippen LogP contribution in [0.25, 0.3) is 0 Å². The van der Waals surface area contributed by atoms with Crippen LogP contribution in [0.2, 0.25) is 0 Å². The van der Waals surface area contributed by atoms with Crippen LogP contribution in [0, 0.1) is 10.1 Å². The van der Waals surface area contributed by atoms with Gasteiger partial charge in [0, 0.05) is 13.0 Å². The largest absolute Gasteiger partial charge is 0.416 e. The molecule has 0 bridgehead atoms. The summed E-state index contributed by atoms with van der Waals surface area (Å²) >= 11 is 0. The molecular formula is C15H20F3N4O3+. The average molecular weight is 361 g/mol. The number of quaternary nitrogens is 1. The summed E-state index contributed by atoms with van der Waals surface area (Å²) in [4.78, 5) is 24.2. The van der Waals surface area contributed by atoms with Crippen molar-refractivity contribution in [2.45, 2.75) is 13.1 Å². The molecule has 1 aliphatic rings. The number of hydrogen-bond acceptors (Lipinski definition) is 4. The Morgan fingerprint density at radius 3 is 2.52 bits per heavy atom. The number of carbonyl (C=O) groups excluding carboxylic acids is 1. The molecule has 0 aliphatic carbocycles. The molecular weight excluding hydrogens is 341 g/mol. The van der Waals surface area contributed by atoms with Crippen molar-refractivity contribution < 1.29 is 27.8 Å². The third kappa shape index (κ3) is 5.05. The lowest BCUT2D eigenvalue weighted by Crippen LogP contribution is -3.15. The van der Waals surface area contributed by atoms with Gasteiger partial charge in [0.05, 0.1) is 49.8 Å². The van der Waals surface area contributed by atoms with E-state index in [1.807, 2.05) is 0 Å². The lowest BCUT2D eigenvalue weighted by atomic mass is 10.1. The van der Waals surface area contributed by atoms with Crippen molar-refractivity contribution in [2.24, 2.45) is 0 Å². The van der Waals surface area contributed by atoms with Gasteiger partial charge in [0.15, 0.2) is 0 Å². The lowest BCUT2D eigenvalue weighted by Gasteiger charge is -2.33. The standard InChI is InChI=1S/C15H19F3N4O3/c1-11(23)19-4-5-20-6-8-21(9-7-20)13-3-2-12(15(16,17)18)10-14(13)22(24)25/h2-3,10H,4-9H2,1H3,(H,19,23)/p+1. The summed E-state index contributed by atoms with van der Waals surface area (Å²) in [6, 6.07) is 2.63. The normalized spacial score (nSPS) is 15.9. The molecule has 2 rings (SSSR count). The van der Waals surface area contributed by atoms with Gasteiger partial charge in [0.25, 0.3) is 5.69 Å². The van der Waals surface area contributed by atoms with E-state index in [0.717, 1.165) is 12.6 Å². The Kier molecular flexibility index (Phi) is 5.83. The molecule has 0 spiro atoms. The predicted molar refractivity (Wildman–Crippen MR) is 84.6 cm³/mol. The molecule has 25 heavy (non-hydrogen) atoms. The monoisotopic (exact) mass is 361 g/mol. The van der Waals surface area contributed by atoms with Gasteiger partial charge in [0.2, 0.25) is 5.91 Å². The number of nitrogens with one attached hydrogen (secondary N) is 2. The number of benzene rings is 1. The molecule has 0 saturated carbocycles. The second-order valence-corrected chi connectivity index (χ2v) is 5.93. The van der Waals surface area contributed by atoms with Gasteiger partial charge in [0.1, 0.15) is 5.69 Å². The van der Waals surface area contributed by atoms with E-state index in [4.69, 9.17) is 0 Å². The molecule has 1 aromatic rings. The van der Waals surface area contributed by atoms with Crippen LogP contribution in [-0.4, -0.2) is 50.1 Å². The van der Waals surface area contributed by atoms with E-state index in [1.165, 1.54) is 17.9 Å². The van der Waals surface area contributed by atoms with E-state index >= 15 is 0 Å². The summed E-state index contributed by atoms with van der Waals surface area (Å²) in [5.74, 6) is -0.0987. The Morgan fingerprint density at radius 1 is 1.36 bits per heavy atom. The third-order valence-corrected chi connectivity index (χ3v) is 4.16. The summed E-state index contributed by atoms with van der Waals surface area (Å²) in [6.07, 6.45) is -4.62. The molecule has 1 aliphatic heterocycles. The van der Waals surface area contributed by atoms with Crippen LogP contribution in [0.15, 0.2) is 18.2 Å². The van der Waals surface area contributed by atoms with Crippen LogP contribution in [-0.2, 0) is 11.0 Å². The number of alkyl halides is 3. The van der Waals surface area contributed by atoms with Crippen LogP contribution in [0.1, 0.15) is 12.5 Å². The fourth-order valence-corrected chi connectivity index (χ4v) is 2.84. The molecule has 138 valence electrons. The zero-order chi connectivity index (χ0) is 18.6. The van der Waals surface area contributed by atoms with Gasteiger partial charge in [-0.05, 0) is 12.1 Å². The number of carbonyl (C=O) groups is 1. The highest BCUT2D eigenvalue weighted by molar-refractivity contribution is 5.72. The van der Waals surface area contributed by atoms with E-state index in [9.17, 15) is 28.1 Å². The zero-order valence-electron chi connectivity index (χ0n) is 13.7. The number of anilines is 1. The van der Waals surface area contributed by atoms with Crippen LogP contribution in [0.5, 0.6) is 0 Å². The molecule has 7 nitrogen and oxygen atoms in total. The number of rotatable bonds is 5. The zero-order valence-corrected chi connectivity index (χ0v) is 13.7. The Bertz CT molecular complexity index is 643. The van der Waals surface area contributed by atoms with Crippen molar-refractivity contribution in [3.8, 4) is 0 Å². The van der Waals surface area contributed by atoms with E-state index in [2.05, 4.69) is 5.32 Å². The minimum Gasteiger partial charge on any atom is -0.355 e. The molecule has 10 heteroatoms. The molecule has 1 amide bonds. The highest BCUT2D eigenvalue weighted by Crippen LogP contribution is 2.36. The van der Waals surface area contributed by atoms with Gasteiger partial charge in [-0.1, -0.05) is 0 Å². The van der Waals surface area contributed by atoms with Crippen molar-refractivity contribution >= 4 is 17.3 Å². The molecule has 0 aromatic heterocycles. The first-order valence-corrected chi connectivity index (χ1v) is 7.87. The molecule has 1 fully saturated rings. The van der Waals surface area contributed by atoms with Crippen molar-refractivity contribution in [2.75, 3.05) is 44.2 Å². The summed E-state index contributed by atoms with van der Waals surface area (Å²) in [7, 11) is 0. The number of nitro benzene ring substituents is 1. The summed E-state index contributed by atoms with van der Waals surface area (Å²) in [6.45, 7) is 5.11. The van der Waals surface area contributed by atoms with Gasteiger partial charge in [-0.2, -0.15) is 13.2 Å². The molecule has 1 saturated heterocycles. The maximum Gasteiger partial charge on any atom is 0.416 e. The highest BCUT2D eigenvalue weighted by Gasteiger charge is 2.34. The topological polar surface area (TPSA) is 79.9 Å². The Balaban J connectivity index is 2.05. The number of halogens is 3. The molecule has 2 N–H and O–H groups in total. The van der Waals surface area contributed by atoms with Crippen molar-refractivity contribution in [3.63, 3.8) is 0 Å². The van der Waals surface area contributed by atoms with E-state index < -0.39 is 22.4 Å². The van der Waals surface area contributed by atoms with Crippen LogP contribution in [0.4, 0.5) is 24.5 Å². The first-order valence-electron chi connectivity index (χ1n) is 7.87. The van der Waals surface area contributed by atoms with E-state index in [1.54, 1.807) is 4.90 Å². The van der Waals surface area contributed by atoms with Crippen LogP contribution < -0.4 is 15.1 Å². The van der Waals surface area contributed by atoms with E-state index in [0.29, 0.717) is 38.8 Å². The Labute approximate surface area is 142 Å². The first-order chi connectivity index (χ1) is 11.7. The SMILES string of the molecule is CC(=O)NCC[NH+]1CCN(c2ccc(C(F)(F)F)cc2[N+](=O)[O-])CC1. The second kappa shape index (κ2) is 7.68. The number of nitrogens with zero attached hydrogens (tertiary/aromatic N) is 2. The number of amides is 1.